The number of halogens is 4. The zero-order valence-electron chi connectivity index (χ0n) is 15.7. The second kappa shape index (κ2) is 6.68. The first-order valence-electron chi connectivity index (χ1n) is 9.84. The molecule has 9 heteroatoms. The van der Waals surface area contributed by atoms with Gasteiger partial charge in [0.05, 0.1) is 0 Å². The van der Waals surface area contributed by atoms with Crippen molar-refractivity contribution in [3.05, 3.63) is 52.1 Å². The molecule has 5 rings (SSSR count). The van der Waals surface area contributed by atoms with Crippen LogP contribution in [0.2, 0.25) is 0 Å². The van der Waals surface area contributed by atoms with Crippen molar-refractivity contribution in [2.45, 2.75) is 61.2 Å². The first-order valence-corrected chi connectivity index (χ1v) is 11.2. The lowest BCUT2D eigenvalue weighted by molar-refractivity contribution is 0.342. The Morgan fingerprint density at radius 3 is 1.53 bits per heavy atom. The van der Waals surface area contributed by atoms with Crippen LogP contribution in [0.25, 0.3) is 0 Å². The Balaban J connectivity index is 1.66. The van der Waals surface area contributed by atoms with E-state index in [0.29, 0.717) is 5.92 Å². The fourth-order valence-electron chi connectivity index (χ4n) is 3.87. The predicted octanol–water partition coefficient (Wildman–Crippen LogP) is 5.57. The van der Waals surface area contributed by atoms with Gasteiger partial charge in [-0.15, -0.1) is 0 Å². The van der Waals surface area contributed by atoms with Crippen LogP contribution in [-0.2, 0) is 10.1 Å². The minimum Gasteiger partial charge on any atom is -0.744 e. The van der Waals surface area contributed by atoms with E-state index in [-0.39, 0.29) is 17.6 Å². The first-order chi connectivity index (χ1) is 14.2. The van der Waals surface area contributed by atoms with E-state index in [4.69, 9.17) is 4.74 Å². The highest BCUT2D eigenvalue weighted by atomic mass is 32.2. The van der Waals surface area contributed by atoms with Gasteiger partial charge in [-0.1, -0.05) is 12.1 Å². The number of hydrogen-bond acceptors (Lipinski definition) is 4. The maximum Gasteiger partial charge on any atom is 0.205 e. The Hall–Kier alpha value is -2.13. The highest BCUT2D eigenvalue weighted by Crippen LogP contribution is 2.55. The van der Waals surface area contributed by atoms with Crippen LogP contribution in [0.1, 0.15) is 73.0 Å². The van der Waals surface area contributed by atoms with Gasteiger partial charge in [-0.3, -0.25) is 0 Å². The molecule has 0 spiro atoms. The second-order valence-electron chi connectivity index (χ2n) is 8.32. The van der Waals surface area contributed by atoms with Gasteiger partial charge in [0.1, 0.15) is 20.8 Å². The maximum absolute atomic E-state index is 14.5. The lowest BCUT2D eigenvalue weighted by Crippen LogP contribution is -2.12. The van der Waals surface area contributed by atoms with E-state index in [9.17, 15) is 30.5 Å². The molecule has 3 aliphatic rings. The molecule has 0 radical (unpaired) electrons. The van der Waals surface area contributed by atoms with Gasteiger partial charge in [0.2, 0.25) is 17.4 Å². The molecule has 160 valence electrons. The number of ether oxygens (including phenoxy) is 1. The van der Waals surface area contributed by atoms with E-state index in [2.05, 4.69) is 0 Å². The molecule has 0 bridgehead atoms. The zero-order chi connectivity index (χ0) is 21.4. The van der Waals surface area contributed by atoms with Gasteiger partial charge in [-0.25, -0.2) is 17.2 Å². The standard InChI is InChI=1S/C21H18F4O4S/c22-15-17(24)21(30(26,27)28)18(25)16(23)20(15)29-19-13(10-3-4-10)7-12(9-1-2-9)8-14(19)11-5-6-11/h7-11H,1-6H2,(H,26,27,28)/p-1. The van der Waals surface area contributed by atoms with Crippen molar-refractivity contribution < 1.29 is 35.3 Å². The normalized spacial score (nSPS) is 19.2. The topological polar surface area (TPSA) is 66.4 Å². The van der Waals surface area contributed by atoms with Crippen LogP contribution in [-0.4, -0.2) is 13.0 Å². The molecule has 3 fully saturated rings. The molecule has 0 saturated heterocycles. The highest BCUT2D eigenvalue weighted by Gasteiger charge is 2.38. The van der Waals surface area contributed by atoms with Crippen LogP contribution in [0, 0.1) is 23.3 Å². The third-order valence-corrected chi connectivity index (χ3v) is 6.75. The Morgan fingerprint density at radius 2 is 1.17 bits per heavy atom. The molecule has 0 aromatic heterocycles. The Morgan fingerprint density at radius 1 is 0.733 bits per heavy atom. The van der Waals surface area contributed by atoms with Crippen molar-refractivity contribution in [2.24, 2.45) is 0 Å². The molecule has 0 heterocycles. The molecule has 0 N–H and O–H groups in total. The van der Waals surface area contributed by atoms with Gasteiger partial charge < -0.3 is 9.29 Å². The molecule has 2 aromatic carbocycles. The summed E-state index contributed by atoms with van der Waals surface area (Å²) < 4.78 is 96.0. The molecular formula is C21H17F4O4S-. The number of benzene rings is 2. The summed E-state index contributed by atoms with van der Waals surface area (Å²) in [4.78, 5) is -2.18. The number of rotatable bonds is 6. The van der Waals surface area contributed by atoms with Crippen molar-refractivity contribution in [1.82, 2.24) is 0 Å². The minimum atomic E-state index is -5.77. The lowest BCUT2D eigenvalue weighted by Gasteiger charge is -2.20. The molecule has 0 aliphatic heterocycles. The third kappa shape index (κ3) is 3.37. The summed E-state index contributed by atoms with van der Waals surface area (Å²) in [5.41, 5.74) is 2.64. The highest BCUT2D eigenvalue weighted by molar-refractivity contribution is 7.85. The first kappa shape index (κ1) is 19.8. The van der Waals surface area contributed by atoms with E-state index in [0.717, 1.165) is 55.2 Å². The van der Waals surface area contributed by atoms with Gasteiger partial charge in [0.15, 0.2) is 11.6 Å². The quantitative estimate of drug-likeness (QED) is 0.334. The molecule has 2 aromatic rings. The smallest absolute Gasteiger partial charge is 0.205 e. The second-order valence-corrected chi connectivity index (χ2v) is 9.64. The monoisotopic (exact) mass is 441 g/mol. The minimum absolute atomic E-state index is 0.137. The molecule has 30 heavy (non-hydrogen) atoms. The lowest BCUT2D eigenvalue weighted by atomic mass is 9.96. The molecule has 0 amide bonds. The Kier molecular flexibility index (Phi) is 4.41. The van der Waals surface area contributed by atoms with E-state index >= 15 is 0 Å². The SMILES string of the molecule is O=S(=O)([O-])c1c(F)c(F)c(Oc2c(C3CC3)cc(C3CC3)cc2C2CC2)c(F)c1F. The van der Waals surface area contributed by atoms with E-state index in [1.54, 1.807) is 0 Å². The Labute approximate surface area is 170 Å². The maximum atomic E-state index is 14.5. The van der Waals surface area contributed by atoms with Crippen LogP contribution in [0.4, 0.5) is 17.6 Å². The average molecular weight is 441 g/mol. The Bertz CT molecular complexity index is 1100. The molecule has 4 nitrogen and oxygen atoms in total. The largest absolute Gasteiger partial charge is 0.744 e. The summed E-state index contributed by atoms with van der Waals surface area (Å²) in [6.07, 6.45) is 5.62. The van der Waals surface area contributed by atoms with E-state index < -0.39 is 44.0 Å². The van der Waals surface area contributed by atoms with Gasteiger partial charge >= 0.3 is 0 Å². The van der Waals surface area contributed by atoms with Crippen molar-refractivity contribution in [3.8, 4) is 11.5 Å². The molecule has 0 atom stereocenters. The van der Waals surface area contributed by atoms with Gasteiger partial charge in [0.25, 0.3) is 0 Å². The van der Waals surface area contributed by atoms with Gasteiger partial charge in [-0.05, 0) is 73.0 Å². The van der Waals surface area contributed by atoms with Crippen LogP contribution >= 0.6 is 0 Å². The predicted molar refractivity (Wildman–Crippen MR) is 96.7 cm³/mol. The van der Waals surface area contributed by atoms with Crippen molar-refractivity contribution in [1.29, 1.82) is 0 Å². The van der Waals surface area contributed by atoms with E-state index in [1.807, 2.05) is 12.1 Å². The van der Waals surface area contributed by atoms with Crippen LogP contribution in [0.3, 0.4) is 0 Å². The van der Waals surface area contributed by atoms with Crippen molar-refractivity contribution in [2.75, 3.05) is 0 Å². The van der Waals surface area contributed by atoms with Crippen LogP contribution in [0.5, 0.6) is 11.5 Å². The van der Waals surface area contributed by atoms with Crippen LogP contribution in [0.15, 0.2) is 17.0 Å². The zero-order valence-corrected chi connectivity index (χ0v) is 16.5. The van der Waals surface area contributed by atoms with Gasteiger partial charge in [-0.2, -0.15) is 8.78 Å². The fourth-order valence-corrected chi connectivity index (χ4v) is 4.48. The van der Waals surface area contributed by atoms with E-state index in [1.165, 1.54) is 0 Å². The molecule has 3 aliphatic carbocycles. The summed E-state index contributed by atoms with van der Waals surface area (Å²) >= 11 is 0. The average Bonchev–Trinajstić information content (AvgIpc) is 3.56. The number of hydrogen-bond donors (Lipinski definition) is 0. The summed E-state index contributed by atoms with van der Waals surface area (Å²) in [6.45, 7) is 0. The van der Waals surface area contributed by atoms with Crippen molar-refractivity contribution in [3.63, 3.8) is 0 Å². The summed E-state index contributed by atoms with van der Waals surface area (Å²) in [6, 6.07) is 3.88. The van der Waals surface area contributed by atoms with Crippen molar-refractivity contribution >= 4 is 10.1 Å². The summed E-state index contributed by atoms with van der Waals surface area (Å²) in [7, 11) is -5.77. The fraction of sp³-hybridized carbons (Fsp3) is 0.429. The van der Waals surface area contributed by atoms with Crippen LogP contribution < -0.4 is 4.74 Å². The summed E-state index contributed by atoms with van der Waals surface area (Å²) in [5, 5.41) is 0. The molecule has 0 unspecified atom stereocenters. The molecular weight excluding hydrogens is 424 g/mol. The third-order valence-electron chi connectivity index (χ3n) is 5.89. The molecule has 3 saturated carbocycles. The summed E-state index contributed by atoms with van der Waals surface area (Å²) in [5.74, 6) is -9.13. The van der Waals surface area contributed by atoms with Gasteiger partial charge in [0, 0.05) is 0 Å².